The monoisotopic (exact) mass is 412 g/mol. The molecule has 0 aliphatic carbocycles. The Morgan fingerprint density at radius 2 is 2.07 bits per heavy atom. The van der Waals surface area contributed by atoms with Crippen LogP contribution in [0.3, 0.4) is 0 Å². The van der Waals surface area contributed by atoms with Crippen LogP contribution in [-0.4, -0.2) is 41.3 Å². The van der Waals surface area contributed by atoms with Gasteiger partial charge in [0.1, 0.15) is 23.9 Å². The maximum absolute atomic E-state index is 14.9. The molecule has 0 aliphatic rings. The molecule has 0 saturated heterocycles. The molecule has 3 aromatic rings. The Labute approximate surface area is 159 Å². The summed E-state index contributed by atoms with van der Waals surface area (Å²) in [6.07, 6.45) is 1.13. The van der Waals surface area contributed by atoms with E-state index in [4.69, 9.17) is 4.74 Å². The van der Waals surface area contributed by atoms with Crippen molar-refractivity contribution in [1.29, 1.82) is 0 Å². The molecule has 8 nitrogen and oxygen atoms in total. The Balaban J connectivity index is 2.10. The summed E-state index contributed by atoms with van der Waals surface area (Å²) in [6, 6.07) is 1.85. The predicted octanol–water partition coefficient (Wildman–Crippen LogP) is 2.48. The van der Waals surface area contributed by atoms with Gasteiger partial charge in [-0.3, -0.25) is 4.72 Å². The molecular weight excluding hydrogens is 394 g/mol. The standard InChI is InChI=1S/C17H18F2N4O4S/c1-3-6-28(25,26)23-11-5-4-10(18)13(14(11)19)15(24)9-7-20-16-12(9)17(27-2)22-8-21-16/h4-5,7-8,15,23-24H,3,6H2,1-2H3,(H,20,21,22). The lowest BCUT2D eigenvalue weighted by Gasteiger charge is -2.16. The van der Waals surface area contributed by atoms with Crippen LogP contribution >= 0.6 is 0 Å². The Morgan fingerprint density at radius 3 is 2.75 bits per heavy atom. The van der Waals surface area contributed by atoms with E-state index < -0.39 is 39.0 Å². The van der Waals surface area contributed by atoms with Crippen molar-refractivity contribution in [3.63, 3.8) is 0 Å². The third-order valence-corrected chi connectivity index (χ3v) is 5.57. The molecule has 0 fully saturated rings. The number of anilines is 1. The first-order chi connectivity index (χ1) is 13.3. The van der Waals surface area contributed by atoms with Crippen LogP contribution in [0.25, 0.3) is 11.0 Å². The first-order valence-corrected chi connectivity index (χ1v) is 9.96. The van der Waals surface area contributed by atoms with Crippen molar-refractivity contribution in [3.8, 4) is 5.88 Å². The Kier molecular flexibility index (Phi) is 5.47. The summed E-state index contributed by atoms with van der Waals surface area (Å²) in [5, 5.41) is 11.0. The first-order valence-electron chi connectivity index (χ1n) is 8.31. The number of fused-ring (bicyclic) bond motifs is 1. The number of rotatable bonds is 7. The fourth-order valence-corrected chi connectivity index (χ4v) is 4.00. The normalized spacial score (nSPS) is 12.9. The van der Waals surface area contributed by atoms with E-state index in [9.17, 15) is 22.3 Å². The number of nitrogens with one attached hydrogen (secondary N) is 2. The third-order valence-electron chi connectivity index (χ3n) is 4.09. The highest BCUT2D eigenvalue weighted by molar-refractivity contribution is 7.92. The number of halogens is 2. The van der Waals surface area contributed by atoms with Gasteiger partial charge in [-0.2, -0.15) is 0 Å². The van der Waals surface area contributed by atoms with Gasteiger partial charge in [-0.1, -0.05) is 6.92 Å². The van der Waals surface area contributed by atoms with Crippen molar-refractivity contribution in [3.05, 3.63) is 47.4 Å². The quantitative estimate of drug-likeness (QED) is 0.549. The number of aromatic nitrogens is 3. The molecule has 2 aromatic heterocycles. The smallest absolute Gasteiger partial charge is 0.232 e. The van der Waals surface area contributed by atoms with Gasteiger partial charge in [0.05, 0.1) is 29.5 Å². The highest BCUT2D eigenvalue weighted by atomic mass is 32.2. The number of methoxy groups -OCH3 is 1. The average Bonchev–Trinajstić information content (AvgIpc) is 3.08. The van der Waals surface area contributed by atoms with E-state index in [2.05, 4.69) is 19.7 Å². The molecule has 0 saturated carbocycles. The number of hydrogen-bond acceptors (Lipinski definition) is 6. The lowest BCUT2D eigenvalue weighted by Crippen LogP contribution is -2.18. The molecular formula is C17H18F2N4O4S. The van der Waals surface area contributed by atoms with E-state index in [1.807, 2.05) is 0 Å². The number of sulfonamides is 1. The van der Waals surface area contributed by atoms with Gasteiger partial charge in [-0.25, -0.2) is 27.2 Å². The van der Waals surface area contributed by atoms with Crippen LogP contribution in [0.5, 0.6) is 5.88 Å². The fraction of sp³-hybridized carbons (Fsp3) is 0.294. The van der Waals surface area contributed by atoms with Crippen LogP contribution in [0.15, 0.2) is 24.7 Å². The fourth-order valence-electron chi connectivity index (χ4n) is 2.87. The van der Waals surface area contributed by atoms with E-state index >= 15 is 0 Å². The number of aliphatic hydroxyl groups is 1. The number of nitrogens with zero attached hydrogens (tertiary/aromatic N) is 2. The van der Waals surface area contributed by atoms with E-state index in [1.54, 1.807) is 6.92 Å². The van der Waals surface area contributed by atoms with Crippen LogP contribution in [0, 0.1) is 11.6 Å². The zero-order valence-electron chi connectivity index (χ0n) is 15.0. The van der Waals surface area contributed by atoms with Gasteiger partial charge < -0.3 is 14.8 Å². The number of H-pyrrole nitrogens is 1. The number of benzene rings is 1. The van der Waals surface area contributed by atoms with Crippen molar-refractivity contribution < 1.29 is 27.0 Å². The summed E-state index contributed by atoms with van der Waals surface area (Å²) in [7, 11) is -2.45. The summed E-state index contributed by atoms with van der Waals surface area (Å²) in [5.41, 5.74) is -0.768. The van der Waals surface area contributed by atoms with Crippen LogP contribution in [0.1, 0.15) is 30.6 Å². The molecule has 1 aromatic carbocycles. The van der Waals surface area contributed by atoms with E-state index in [-0.39, 0.29) is 22.6 Å². The summed E-state index contributed by atoms with van der Waals surface area (Å²) < 4.78 is 60.4. The second-order valence-corrected chi connectivity index (χ2v) is 7.84. The van der Waals surface area contributed by atoms with Gasteiger partial charge in [0, 0.05) is 11.8 Å². The molecule has 3 N–H and O–H groups in total. The molecule has 11 heteroatoms. The topological polar surface area (TPSA) is 117 Å². The Hall–Kier alpha value is -2.79. The molecule has 0 amide bonds. The summed E-state index contributed by atoms with van der Waals surface area (Å²) >= 11 is 0. The van der Waals surface area contributed by atoms with Gasteiger partial charge in [0.2, 0.25) is 15.9 Å². The molecule has 0 spiro atoms. The minimum atomic E-state index is -3.80. The molecule has 1 atom stereocenters. The van der Waals surface area contributed by atoms with Crippen LogP contribution in [0.4, 0.5) is 14.5 Å². The highest BCUT2D eigenvalue weighted by Gasteiger charge is 2.27. The van der Waals surface area contributed by atoms with Crippen LogP contribution in [0.2, 0.25) is 0 Å². The molecule has 1 unspecified atom stereocenters. The number of aromatic amines is 1. The van der Waals surface area contributed by atoms with Crippen molar-refractivity contribution in [2.75, 3.05) is 17.6 Å². The van der Waals surface area contributed by atoms with Crippen molar-refractivity contribution in [2.24, 2.45) is 0 Å². The molecule has 3 rings (SSSR count). The third kappa shape index (κ3) is 3.62. The second kappa shape index (κ2) is 7.68. The lowest BCUT2D eigenvalue weighted by molar-refractivity contribution is 0.210. The Morgan fingerprint density at radius 1 is 1.32 bits per heavy atom. The van der Waals surface area contributed by atoms with E-state index in [0.717, 1.165) is 12.1 Å². The SMILES string of the molecule is CCCS(=O)(=O)Nc1ccc(F)c(C(O)c2c[nH]c3ncnc(OC)c23)c1F. The summed E-state index contributed by atoms with van der Waals surface area (Å²) in [6.45, 7) is 1.65. The van der Waals surface area contributed by atoms with Crippen molar-refractivity contribution in [2.45, 2.75) is 19.4 Å². The lowest BCUT2D eigenvalue weighted by atomic mass is 10.00. The van der Waals surface area contributed by atoms with Gasteiger partial charge in [-0.05, 0) is 18.6 Å². The molecule has 0 aliphatic heterocycles. The van der Waals surface area contributed by atoms with E-state index in [0.29, 0.717) is 12.1 Å². The van der Waals surface area contributed by atoms with Gasteiger partial charge in [0.25, 0.3) is 0 Å². The minimum absolute atomic E-state index is 0.0822. The predicted molar refractivity (Wildman–Crippen MR) is 98.6 cm³/mol. The number of aliphatic hydroxyl groups excluding tert-OH is 1. The minimum Gasteiger partial charge on any atom is -0.480 e. The highest BCUT2D eigenvalue weighted by Crippen LogP contribution is 2.36. The van der Waals surface area contributed by atoms with Crippen LogP contribution < -0.4 is 9.46 Å². The van der Waals surface area contributed by atoms with Gasteiger partial charge in [-0.15, -0.1) is 0 Å². The Bertz CT molecular complexity index is 1120. The maximum Gasteiger partial charge on any atom is 0.232 e. The average molecular weight is 412 g/mol. The summed E-state index contributed by atoms with van der Waals surface area (Å²) in [4.78, 5) is 10.7. The first kappa shape index (κ1) is 20.0. The van der Waals surface area contributed by atoms with E-state index in [1.165, 1.54) is 19.6 Å². The van der Waals surface area contributed by atoms with Crippen molar-refractivity contribution in [1.82, 2.24) is 15.0 Å². The molecule has 2 heterocycles. The second-order valence-electron chi connectivity index (χ2n) is 6.00. The molecule has 0 radical (unpaired) electrons. The maximum atomic E-state index is 14.9. The zero-order chi connectivity index (χ0) is 20.5. The number of ether oxygens (including phenoxy) is 1. The molecule has 28 heavy (non-hydrogen) atoms. The van der Waals surface area contributed by atoms with Crippen LogP contribution in [-0.2, 0) is 10.0 Å². The molecule has 0 bridgehead atoms. The molecule has 150 valence electrons. The van der Waals surface area contributed by atoms with Crippen molar-refractivity contribution >= 4 is 26.7 Å². The summed E-state index contributed by atoms with van der Waals surface area (Å²) in [5.74, 6) is -2.36. The van der Waals surface area contributed by atoms with Gasteiger partial charge in [0.15, 0.2) is 5.82 Å². The number of hydrogen-bond donors (Lipinski definition) is 3. The largest absolute Gasteiger partial charge is 0.480 e. The van der Waals surface area contributed by atoms with Gasteiger partial charge >= 0.3 is 0 Å². The zero-order valence-corrected chi connectivity index (χ0v) is 15.8.